The number of thiophene rings is 1. The number of nitrogens with zero attached hydrogens (tertiary/aromatic N) is 4. The molecule has 1 fully saturated rings. The number of aromatic nitrogens is 4. The normalized spacial score (nSPS) is 18.1. The van der Waals surface area contributed by atoms with Crippen molar-refractivity contribution in [2.24, 2.45) is 0 Å². The largest absolute Gasteiger partial charge is 0.324 e. The number of hydrogen-bond acceptors (Lipinski definition) is 9. The molecule has 31 heavy (non-hydrogen) atoms. The highest BCUT2D eigenvalue weighted by molar-refractivity contribution is 7.92. The summed E-state index contributed by atoms with van der Waals surface area (Å²) in [5.41, 5.74) is 0.394. The molecule has 1 unspecified atom stereocenters. The van der Waals surface area contributed by atoms with E-state index >= 15 is 0 Å². The highest BCUT2D eigenvalue weighted by Gasteiger charge is 2.31. The number of sulfone groups is 1. The van der Waals surface area contributed by atoms with Crippen molar-refractivity contribution in [3.63, 3.8) is 0 Å². The smallest absolute Gasteiger partial charge is 0.248 e. The Morgan fingerprint density at radius 1 is 1.23 bits per heavy atom. The Hall–Kier alpha value is -2.68. The van der Waals surface area contributed by atoms with E-state index < -0.39 is 31.8 Å². The topological polar surface area (TPSA) is 153 Å². The monoisotopic (exact) mass is 482 g/mol. The van der Waals surface area contributed by atoms with Crippen molar-refractivity contribution in [3.8, 4) is 10.7 Å². The molecule has 1 aliphatic rings. The molecule has 0 radical (unpaired) electrons. The molecule has 1 saturated heterocycles. The Kier molecular flexibility index (Phi) is 5.88. The number of carbonyl (C=O) groups excluding carboxylic acids is 1. The van der Waals surface area contributed by atoms with Crippen LogP contribution < -0.4 is 10.0 Å². The zero-order valence-electron chi connectivity index (χ0n) is 16.0. The van der Waals surface area contributed by atoms with E-state index in [1.54, 1.807) is 0 Å². The third-order valence-corrected chi connectivity index (χ3v) is 8.65. The van der Waals surface area contributed by atoms with Crippen molar-refractivity contribution in [1.29, 1.82) is 0 Å². The fourth-order valence-corrected chi connectivity index (χ4v) is 6.73. The third kappa shape index (κ3) is 5.33. The summed E-state index contributed by atoms with van der Waals surface area (Å²) in [7, 11) is -7.06. The summed E-state index contributed by atoms with van der Waals surface area (Å²) in [6.45, 7) is -0.157. The fraction of sp³-hybridized carbons (Fsp3) is 0.294. The molecule has 14 heteroatoms. The molecular formula is C17H18N6O5S3. The lowest BCUT2D eigenvalue weighted by atomic mass is 10.3. The third-order valence-electron chi connectivity index (χ3n) is 4.48. The molecule has 1 atom stereocenters. The van der Waals surface area contributed by atoms with Crippen molar-refractivity contribution in [2.45, 2.75) is 23.9 Å². The van der Waals surface area contributed by atoms with Crippen LogP contribution in [0.2, 0.25) is 0 Å². The van der Waals surface area contributed by atoms with Gasteiger partial charge in [0.1, 0.15) is 6.54 Å². The summed E-state index contributed by atoms with van der Waals surface area (Å²) in [6.07, 6.45) is 0.250. The van der Waals surface area contributed by atoms with Crippen molar-refractivity contribution < 1.29 is 21.6 Å². The lowest BCUT2D eigenvalue weighted by Gasteiger charge is -2.12. The number of carbonyl (C=O) groups is 1. The van der Waals surface area contributed by atoms with E-state index in [2.05, 4.69) is 25.4 Å². The van der Waals surface area contributed by atoms with Crippen LogP contribution in [0.15, 0.2) is 46.7 Å². The van der Waals surface area contributed by atoms with Gasteiger partial charge < -0.3 is 5.32 Å². The minimum Gasteiger partial charge on any atom is -0.324 e. The number of amides is 1. The molecular weight excluding hydrogens is 464 g/mol. The second-order valence-electron chi connectivity index (χ2n) is 6.91. The second-order valence-corrected chi connectivity index (χ2v) is 11.8. The van der Waals surface area contributed by atoms with Gasteiger partial charge in [-0.05, 0) is 47.3 Å². The average Bonchev–Trinajstić information content (AvgIpc) is 3.43. The van der Waals surface area contributed by atoms with Gasteiger partial charge in [-0.25, -0.2) is 21.6 Å². The van der Waals surface area contributed by atoms with Gasteiger partial charge in [-0.2, -0.15) is 4.80 Å². The molecule has 1 amide bonds. The van der Waals surface area contributed by atoms with Crippen LogP contribution in [-0.2, 0) is 31.2 Å². The molecule has 3 aromatic rings. The number of hydrogen-bond donors (Lipinski definition) is 2. The molecule has 4 rings (SSSR count). The van der Waals surface area contributed by atoms with E-state index in [9.17, 15) is 21.6 Å². The minimum absolute atomic E-state index is 0.0201. The summed E-state index contributed by atoms with van der Waals surface area (Å²) in [5, 5.41) is 16.4. The number of sulfonamides is 1. The van der Waals surface area contributed by atoms with Crippen molar-refractivity contribution >= 4 is 42.8 Å². The van der Waals surface area contributed by atoms with Crippen LogP contribution in [0.4, 0.5) is 5.69 Å². The molecule has 0 bridgehead atoms. The minimum atomic E-state index is -3.87. The van der Waals surface area contributed by atoms with Crippen LogP contribution in [0.3, 0.4) is 0 Å². The van der Waals surface area contributed by atoms with Gasteiger partial charge in [0.2, 0.25) is 21.8 Å². The fourth-order valence-electron chi connectivity index (χ4n) is 3.04. The molecule has 164 valence electrons. The Labute approximate surface area is 182 Å². The standard InChI is InChI=1S/C17H18N6O5S3/c24-16(10-23-20-17(19-22-23)15-2-1-8-29-15)18-12-3-5-14(6-4-12)31(27,28)21-13-7-9-30(25,26)11-13/h1-6,8,13,21H,7,9-11H2,(H,18,24). The average molecular weight is 483 g/mol. The molecule has 11 nitrogen and oxygen atoms in total. The van der Waals surface area contributed by atoms with Crippen molar-refractivity contribution in [2.75, 3.05) is 16.8 Å². The second kappa shape index (κ2) is 8.45. The number of nitrogens with one attached hydrogen (secondary N) is 2. The van der Waals surface area contributed by atoms with Crippen LogP contribution in [-0.4, -0.2) is 60.5 Å². The van der Waals surface area contributed by atoms with E-state index in [0.29, 0.717) is 11.5 Å². The first-order valence-corrected chi connectivity index (χ1v) is 13.3. The summed E-state index contributed by atoms with van der Waals surface area (Å²) < 4.78 is 50.3. The van der Waals surface area contributed by atoms with E-state index in [0.717, 1.165) is 4.88 Å². The van der Waals surface area contributed by atoms with Crippen molar-refractivity contribution in [3.05, 3.63) is 41.8 Å². The van der Waals surface area contributed by atoms with E-state index in [4.69, 9.17) is 0 Å². The number of tetrazole rings is 1. The summed E-state index contributed by atoms with van der Waals surface area (Å²) in [6, 6.07) is 8.65. The van der Waals surface area contributed by atoms with Gasteiger partial charge in [-0.15, -0.1) is 21.5 Å². The zero-order chi connectivity index (χ0) is 22.1. The lowest BCUT2D eigenvalue weighted by Crippen LogP contribution is -2.35. The summed E-state index contributed by atoms with van der Waals surface area (Å²) in [5.74, 6) is -0.203. The Bertz CT molecular complexity index is 1280. The highest BCUT2D eigenvalue weighted by atomic mass is 32.2. The highest BCUT2D eigenvalue weighted by Crippen LogP contribution is 2.20. The molecule has 0 saturated carbocycles. The first kappa shape index (κ1) is 21.5. The van der Waals surface area contributed by atoms with Crippen LogP contribution in [0.5, 0.6) is 0 Å². The van der Waals surface area contributed by atoms with Crippen molar-refractivity contribution in [1.82, 2.24) is 24.9 Å². The Morgan fingerprint density at radius 2 is 2.00 bits per heavy atom. The molecule has 2 N–H and O–H groups in total. The Balaban J connectivity index is 1.35. The molecule has 1 aliphatic heterocycles. The number of rotatable bonds is 7. The zero-order valence-corrected chi connectivity index (χ0v) is 18.5. The predicted molar refractivity (Wildman–Crippen MR) is 114 cm³/mol. The van der Waals surface area contributed by atoms with Gasteiger partial charge in [0.05, 0.1) is 21.3 Å². The van der Waals surface area contributed by atoms with Gasteiger partial charge >= 0.3 is 0 Å². The first-order valence-electron chi connectivity index (χ1n) is 9.15. The molecule has 0 spiro atoms. The maximum absolute atomic E-state index is 12.5. The summed E-state index contributed by atoms with van der Waals surface area (Å²) >= 11 is 1.46. The Morgan fingerprint density at radius 3 is 2.65 bits per heavy atom. The van der Waals surface area contributed by atoms with E-state index in [1.807, 2.05) is 17.5 Å². The molecule has 1 aromatic carbocycles. The van der Waals surface area contributed by atoms with Gasteiger partial charge in [0, 0.05) is 11.7 Å². The quantitative estimate of drug-likeness (QED) is 0.494. The number of benzene rings is 1. The molecule has 0 aliphatic carbocycles. The maximum atomic E-state index is 12.5. The maximum Gasteiger partial charge on any atom is 0.248 e. The van der Waals surface area contributed by atoms with E-state index in [-0.39, 0.29) is 29.4 Å². The predicted octanol–water partition coefficient (Wildman–Crippen LogP) is 0.506. The first-order chi connectivity index (χ1) is 14.7. The van der Waals surface area contributed by atoms with Gasteiger partial charge in [0.25, 0.3) is 0 Å². The van der Waals surface area contributed by atoms with Gasteiger partial charge in [-0.3, -0.25) is 4.79 Å². The van der Waals surface area contributed by atoms with Crippen LogP contribution in [0.1, 0.15) is 6.42 Å². The summed E-state index contributed by atoms with van der Waals surface area (Å²) in [4.78, 5) is 14.2. The lowest BCUT2D eigenvalue weighted by molar-refractivity contribution is -0.117. The van der Waals surface area contributed by atoms with E-state index in [1.165, 1.54) is 40.4 Å². The van der Waals surface area contributed by atoms with Crippen LogP contribution in [0.25, 0.3) is 10.7 Å². The number of anilines is 1. The SMILES string of the molecule is O=C(Cn1nnc(-c2cccs2)n1)Nc1ccc(S(=O)(=O)NC2CCS(=O)(=O)C2)cc1. The molecule has 2 aromatic heterocycles. The van der Waals surface area contributed by atoms with Gasteiger partial charge in [0.15, 0.2) is 9.84 Å². The van der Waals surface area contributed by atoms with Gasteiger partial charge in [-0.1, -0.05) is 6.07 Å². The van der Waals surface area contributed by atoms with Crippen LogP contribution in [0, 0.1) is 0 Å². The molecule has 3 heterocycles. The van der Waals surface area contributed by atoms with Crippen LogP contribution >= 0.6 is 11.3 Å².